The van der Waals surface area contributed by atoms with E-state index in [0.717, 1.165) is 25.8 Å². The number of carboxylic acids is 1. The van der Waals surface area contributed by atoms with E-state index in [2.05, 4.69) is 5.32 Å². The van der Waals surface area contributed by atoms with Crippen molar-refractivity contribution in [3.8, 4) is 0 Å². The highest BCUT2D eigenvalue weighted by Gasteiger charge is 2.44. The highest BCUT2D eigenvalue weighted by atomic mass is 16.4. The number of likely N-dealkylation sites (tertiary alicyclic amines) is 1. The van der Waals surface area contributed by atoms with Gasteiger partial charge in [-0.25, -0.2) is 0 Å². The molecule has 0 bridgehead atoms. The van der Waals surface area contributed by atoms with Crippen molar-refractivity contribution in [1.29, 1.82) is 0 Å². The molecule has 0 spiro atoms. The van der Waals surface area contributed by atoms with Crippen LogP contribution in [0.15, 0.2) is 0 Å². The molecule has 3 rings (SSSR count). The summed E-state index contributed by atoms with van der Waals surface area (Å²) in [6.07, 6.45) is 5.00. The van der Waals surface area contributed by atoms with Crippen LogP contribution in [0, 0.1) is 11.8 Å². The summed E-state index contributed by atoms with van der Waals surface area (Å²) in [5.41, 5.74) is -0.574. The summed E-state index contributed by atoms with van der Waals surface area (Å²) in [7, 11) is 0. The molecule has 2 aliphatic carbocycles. The van der Waals surface area contributed by atoms with Gasteiger partial charge in [-0.2, -0.15) is 0 Å². The van der Waals surface area contributed by atoms with Gasteiger partial charge in [-0.1, -0.05) is 0 Å². The lowest BCUT2D eigenvalue weighted by Gasteiger charge is -2.42. The summed E-state index contributed by atoms with van der Waals surface area (Å²) in [5, 5.41) is 11.9. The zero-order valence-electron chi connectivity index (χ0n) is 12.1. The number of hydrogen-bond acceptors (Lipinski definition) is 3. The Balaban J connectivity index is 1.55. The molecule has 0 aromatic heterocycles. The lowest BCUT2D eigenvalue weighted by atomic mass is 9.74. The summed E-state index contributed by atoms with van der Waals surface area (Å²) >= 11 is 0. The van der Waals surface area contributed by atoms with Gasteiger partial charge in [-0.05, 0) is 38.0 Å². The van der Waals surface area contributed by atoms with Crippen molar-refractivity contribution in [2.24, 2.45) is 11.8 Å². The number of hydrogen-bond donors (Lipinski definition) is 2. The van der Waals surface area contributed by atoms with Gasteiger partial charge in [0.2, 0.25) is 11.8 Å². The zero-order chi connectivity index (χ0) is 15.0. The van der Waals surface area contributed by atoms with E-state index in [1.807, 2.05) is 0 Å². The van der Waals surface area contributed by atoms with Crippen LogP contribution in [0.2, 0.25) is 0 Å². The quantitative estimate of drug-likeness (QED) is 0.757. The minimum absolute atomic E-state index is 0.0226. The summed E-state index contributed by atoms with van der Waals surface area (Å²) in [6, 6.07) is 0. The topological polar surface area (TPSA) is 86.7 Å². The fourth-order valence-electron chi connectivity index (χ4n) is 3.34. The van der Waals surface area contributed by atoms with Crippen molar-refractivity contribution >= 4 is 17.8 Å². The van der Waals surface area contributed by atoms with E-state index in [1.165, 1.54) is 12.8 Å². The van der Waals surface area contributed by atoms with Crippen LogP contribution in [-0.2, 0) is 14.4 Å². The lowest BCUT2D eigenvalue weighted by molar-refractivity contribution is -0.141. The van der Waals surface area contributed by atoms with E-state index < -0.39 is 11.5 Å². The van der Waals surface area contributed by atoms with E-state index >= 15 is 0 Å². The summed E-state index contributed by atoms with van der Waals surface area (Å²) in [4.78, 5) is 37.0. The standard InChI is InChI=1S/C15H22N2O4/c18-12-6-11(9-17(12)8-10-2-3-10)14(21)16-15(4-1-5-15)7-13(19)20/h10-11H,1-9H2,(H,16,21)(H,19,20). The lowest BCUT2D eigenvalue weighted by Crippen LogP contribution is -2.56. The summed E-state index contributed by atoms with van der Waals surface area (Å²) in [5.74, 6) is -0.665. The van der Waals surface area contributed by atoms with E-state index in [9.17, 15) is 14.4 Å². The van der Waals surface area contributed by atoms with Gasteiger partial charge in [0.1, 0.15) is 0 Å². The van der Waals surface area contributed by atoms with Gasteiger partial charge in [0.15, 0.2) is 0 Å². The third-order valence-corrected chi connectivity index (χ3v) is 4.95. The van der Waals surface area contributed by atoms with Gasteiger partial charge in [-0.15, -0.1) is 0 Å². The molecule has 6 nitrogen and oxygen atoms in total. The van der Waals surface area contributed by atoms with Crippen molar-refractivity contribution in [3.05, 3.63) is 0 Å². The number of nitrogens with zero attached hydrogens (tertiary/aromatic N) is 1. The first-order chi connectivity index (χ1) is 9.97. The molecule has 0 aromatic rings. The van der Waals surface area contributed by atoms with Crippen LogP contribution in [-0.4, -0.2) is 46.4 Å². The Morgan fingerprint density at radius 2 is 2.05 bits per heavy atom. The molecule has 2 N–H and O–H groups in total. The van der Waals surface area contributed by atoms with Crippen LogP contribution < -0.4 is 5.32 Å². The third kappa shape index (κ3) is 3.19. The molecule has 0 aromatic carbocycles. The van der Waals surface area contributed by atoms with Gasteiger partial charge in [-0.3, -0.25) is 14.4 Å². The van der Waals surface area contributed by atoms with Gasteiger partial charge in [0.05, 0.1) is 17.9 Å². The van der Waals surface area contributed by atoms with Crippen molar-refractivity contribution in [2.45, 2.75) is 50.5 Å². The van der Waals surface area contributed by atoms with Gasteiger partial charge in [0, 0.05) is 19.5 Å². The molecule has 21 heavy (non-hydrogen) atoms. The first kappa shape index (κ1) is 14.4. The zero-order valence-corrected chi connectivity index (χ0v) is 12.1. The monoisotopic (exact) mass is 294 g/mol. The number of carbonyl (C=O) groups excluding carboxylic acids is 2. The van der Waals surface area contributed by atoms with Gasteiger partial charge in [0.25, 0.3) is 0 Å². The molecule has 1 atom stereocenters. The minimum Gasteiger partial charge on any atom is -0.481 e. The third-order valence-electron chi connectivity index (χ3n) is 4.95. The average molecular weight is 294 g/mol. The maximum Gasteiger partial charge on any atom is 0.305 e. The Bertz CT molecular complexity index is 468. The Kier molecular flexibility index (Phi) is 3.63. The highest BCUT2D eigenvalue weighted by Crippen LogP contribution is 2.36. The fourth-order valence-corrected chi connectivity index (χ4v) is 3.34. The molecule has 2 amide bonds. The largest absolute Gasteiger partial charge is 0.481 e. The molecule has 1 saturated heterocycles. The van der Waals surface area contributed by atoms with Crippen LogP contribution in [0.4, 0.5) is 0 Å². The first-order valence-electron chi connectivity index (χ1n) is 7.79. The van der Waals surface area contributed by atoms with Crippen molar-refractivity contribution in [3.63, 3.8) is 0 Å². The minimum atomic E-state index is -0.882. The number of nitrogens with one attached hydrogen (secondary N) is 1. The molecule has 3 fully saturated rings. The Labute approximate surface area is 123 Å². The molecule has 1 heterocycles. The van der Waals surface area contributed by atoms with Crippen LogP contribution in [0.5, 0.6) is 0 Å². The fraction of sp³-hybridized carbons (Fsp3) is 0.800. The molecule has 3 aliphatic rings. The molecular formula is C15H22N2O4. The average Bonchev–Trinajstić information content (AvgIpc) is 3.10. The Hall–Kier alpha value is -1.59. The Morgan fingerprint density at radius 3 is 2.57 bits per heavy atom. The second-order valence-electron chi connectivity index (χ2n) is 6.84. The molecule has 1 aliphatic heterocycles. The van der Waals surface area contributed by atoms with E-state index in [1.54, 1.807) is 4.90 Å². The normalized spacial score (nSPS) is 27.3. The summed E-state index contributed by atoms with van der Waals surface area (Å²) < 4.78 is 0. The van der Waals surface area contributed by atoms with Crippen LogP contribution >= 0.6 is 0 Å². The van der Waals surface area contributed by atoms with E-state index in [-0.39, 0.29) is 30.6 Å². The van der Waals surface area contributed by atoms with Crippen LogP contribution in [0.1, 0.15) is 44.9 Å². The molecular weight excluding hydrogens is 272 g/mol. The molecule has 2 saturated carbocycles. The highest BCUT2D eigenvalue weighted by molar-refractivity contribution is 5.90. The molecule has 116 valence electrons. The second kappa shape index (κ2) is 5.31. The molecule has 0 radical (unpaired) electrons. The van der Waals surface area contributed by atoms with Gasteiger partial charge >= 0.3 is 5.97 Å². The van der Waals surface area contributed by atoms with E-state index in [4.69, 9.17) is 5.11 Å². The maximum atomic E-state index is 12.3. The number of amides is 2. The van der Waals surface area contributed by atoms with Crippen molar-refractivity contribution in [2.75, 3.05) is 13.1 Å². The SMILES string of the molecule is O=C(O)CC1(NC(=O)C2CC(=O)N(CC3CC3)C2)CCC1. The predicted octanol–water partition coefficient (Wildman–Crippen LogP) is 0.758. The number of carboxylic acid groups (broad SMARTS) is 1. The van der Waals surface area contributed by atoms with E-state index in [0.29, 0.717) is 12.5 Å². The smallest absolute Gasteiger partial charge is 0.305 e. The summed E-state index contributed by atoms with van der Waals surface area (Å²) in [6.45, 7) is 1.27. The van der Waals surface area contributed by atoms with Crippen molar-refractivity contribution < 1.29 is 19.5 Å². The second-order valence-corrected chi connectivity index (χ2v) is 6.84. The number of carbonyl (C=O) groups is 3. The number of aliphatic carboxylic acids is 1. The van der Waals surface area contributed by atoms with Gasteiger partial charge < -0.3 is 15.3 Å². The predicted molar refractivity (Wildman–Crippen MR) is 74.4 cm³/mol. The van der Waals surface area contributed by atoms with Crippen LogP contribution in [0.3, 0.4) is 0 Å². The maximum absolute atomic E-state index is 12.3. The number of rotatable bonds is 6. The first-order valence-corrected chi connectivity index (χ1v) is 7.79. The van der Waals surface area contributed by atoms with Crippen LogP contribution in [0.25, 0.3) is 0 Å². The molecule has 1 unspecified atom stereocenters. The molecule has 6 heteroatoms. The van der Waals surface area contributed by atoms with Crippen molar-refractivity contribution in [1.82, 2.24) is 10.2 Å². The Morgan fingerprint density at radius 1 is 1.33 bits per heavy atom.